The van der Waals surface area contributed by atoms with Crippen molar-refractivity contribution in [1.29, 1.82) is 0 Å². The second kappa shape index (κ2) is 3.81. The molecule has 0 aromatic rings. The Morgan fingerprint density at radius 2 is 2.15 bits per heavy atom. The van der Waals surface area contributed by atoms with Gasteiger partial charge in [-0.15, -0.1) is 0 Å². The molecule has 0 saturated heterocycles. The lowest BCUT2D eigenvalue weighted by molar-refractivity contribution is -0.0429. The van der Waals surface area contributed by atoms with Crippen LogP contribution in [-0.2, 0) is 4.74 Å². The molecule has 1 rings (SSSR count). The van der Waals surface area contributed by atoms with E-state index in [9.17, 15) is 5.11 Å². The van der Waals surface area contributed by atoms with Crippen LogP contribution in [-0.4, -0.2) is 23.9 Å². The Balaban J connectivity index is 2.67. The van der Waals surface area contributed by atoms with Crippen LogP contribution in [0.5, 0.6) is 0 Å². The predicted molar refractivity (Wildman–Crippen MR) is 53.6 cm³/mol. The van der Waals surface area contributed by atoms with Crippen LogP contribution in [0.2, 0.25) is 0 Å². The van der Waals surface area contributed by atoms with Crippen molar-refractivity contribution >= 4 is 0 Å². The largest absolute Gasteiger partial charge is 0.389 e. The number of aliphatic hydroxyl groups is 1. The SMILES string of the molecule is COC(C)(C)[C@H]1CC=C(C)[C@H](O)C1. The van der Waals surface area contributed by atoms with Gasteiger partial charge in [0.25, 0.3) is 0 Å². The molecule has 2 heteroatoms. The summed E-state index contributed by atoms with van der Waals surface area (Å²) in [7, 11) is 1.73. The number of rotatable bonds is 2. The molecule has 0 bridgehead atoms. The van der Waals surface area contributed by atoms with Crippen LogP contribution in [0.15, 0.2) is 11.6 Å². The molecule has 0 amide bonds. The van der Waals surface area contributed by atoms with Crippen LogP contribution in [0.4, 0.5) is 0 Å². The summed E-state index contributed by atoms with van der Waals surface area (Å²) >= 11 is 0. The first-order chi connectivity index (χ1) is 5.97. The summed E-state index contributed by atoms with van der Waals surface area (Å²) in [6, 6.07) is 0. The standard InChI is InChI=1S/C11H20O2/c1-8-5-6-9(7-10(8)12)11(2,3)13-4/h5,9-10,12H,6-7H2,1-4H3/t9-,10+/m0/s1. The van der Waals surface area contributed by atoms with Gasteiger partial charge in [0, 0.05) is 7.11 Å². The maximum atomic E-state index is 9.68. The highest BCUT2D eigenvalue weighted by Crippen LogP contribution is 2.33. The zero-order chi connectivity index (χ0) is 10.1. The van der Waals surface area contributed by atoms with E-state index >= 15 is 0 Å². The fraction of sp³-hybridized carbons (Fsp3) is 0.818. The van der Waals surface area contributed by atoms with Gasteiger partial charge in [0.05, 0.1) is 11.7 Å². The number of methoxy groups -OCH3 is 1. The maximum Gasteiger partial charge on any atom is 0.0751 e. The van der Waals surface area contributed by atoms with Gasteiger partial charge < -0.3 is 9.84 Å². The van der Waals surface area contributed by atoms with Crippen LogP contribution in [0.25, 0.3) is 0 Å². The molecule has 1 aliphatic rings. The molecule has 2 nitrogen and oxygen atoms in total. The van der Waals surface area contributed by atoms with Gasteiger partial charge in [0.1, 0.15) is 0 Å². The van der Waals surface area contributed by atoms with Gasteiger partial charge in [-0.2, -0.15) is 0 Å². The second-order valence-electron chi connectivity index (χ2n) is 4.44. The number of allylic oxidation sites excluding steroid dienone is 1. The Bertz CT molecular complexity index is 206. The molecule has 76 valence electrons. The van der Waals surface area contributed by atoms with Gasteiger partial charge in [-0.1, -0.05) is 6.08 Å². The third kappa shape index (κ3) is 2.32. The lowest BCUT2D eigenvalue weighted by atomic mass is 9.78. The van der Waals surface area contributed by atoms with Crippen molar-refractivity contribution in [3.63, 3.8) is 0 Å². The summed E-state index contributed by atoms with van der Waals surface area (Å²) in [5.74, 6) is 0.427. The van der Waals surface area contributed by atoms with Gasteiger partial charge in [-0.05, 0) is 45.1 Å². The number of hydrogen-bond acceptors (Lipinski definition) is 2. The van der Waals surface area contributed by atoms with Crippen LogP contribution in [0.3, 0.4) is 0 Å². The van der Waals surface area contributed by atoms with Crippen LogP contribution in [0, 0.1) is 5.92 Å². The van der Waals surface area contributed by atoms with Gasteiger partial charge >= 0.3 is 0 Å². The Kier molecular flexibility index (Phi) is 3.14. The average Bonchev–Trinajstić information content (AvgIpc) is 2.09. The van der Waals surface area contributed by atoms with Gasteiger partial charge in [0.2, 0.25) is 0 Å². The first kappa shape index (κ1) is 10.7. The summed E-state index contributed by atoms with van der Waals surface area (Å²) in [6.45, 7) is 6.15. The highest BCUT2D eigenvalue weighted by Gasteiger charge is 2.32. The highest BCUT2D eigenvalue weighted by atomic mass is 16.5. The fourth-order valence-corrected chi connectivity index (χ4v) is 1.75. The lowest BCUT2D eigenvalue weighted by Gasteiger charge is -2.36. The molecule has 1 aliphatic carbocycles. The molecule has 0 spiro atoms. The van der Waals surface area contributed by atoms with Crippen molar-refractivity contribution in [2.24, 2.45) is 5.92 Å². The van der Waals surface area contributed by atoms with Gasteiger partial charge in [-0.25, -0.2) is 0 Å². The van der Waals surface area contributed by atoms with Crippen molar-refractivity contribution in [1.82, 2.24) is 0 Å². The fourth-order valence-electron chi connectivity index (χ4n) is 1.75. The highest BCUT2D eigenvalue weighted by molar-refractivity contribution is 5.11. The van der Waals surface area contributed by atoms with E-state index in [1.54, 1.807) is 7.11 Å². The van der Waals surface area contributed by atoms with E-state index in [0.717, 1.165) is 18.4 Å². The first-order valence-electron chi connectivity index (χ1n) is 4.87. The zero-order valence-corrected chi connectivity index (χ0v) is 9.00. The number of aliphatic hydroxyl groups excluding tert-OH is 1. The molecule has 0 radical (unpaired) electrons. The summed E-state index contributed by atoms with van der Waals surface area (Å²) in [6.07, 6.45) is 3.69. The van der Waals surface area contributed by atoms with E-state index in [4.69, 9.17) is 4.74 Å². The van der Waals surface area contributed by atoms with Crippen LogP contribution in [0.1, 0.15) is 33.6 Å². The van der Waals surface area contributed by atoms with Gasteiger partial charge in [-0.3, -0.25) is 0 Å². The van der Waals surface area contributed by atoms with Crippen molar-refractivity contribution in [2.75, 3.05) is 7.11 Å². The van der Waals surface area contributed by atoms with E-state index in [0.29, 0.717) is 5.92 Å². The van der Waals surface area contributed by atoms with E-state index in [2.05, 4.69) is 19.9 Å². The molecule has 0 saturated carbocycles. The monoisotopic (exact) mass is 184 g/mol. The molecule has 0 aromatic carbocycles. The Labute approximate surface area is 80.6 Å². The minimum absolute atomic E-state index is 0.127. The molecule has 1 N–H and O–H groups in total. The summed E-state index contributed by atoms with van der Waals surface area (Å²) in [5.41, 5.74) is 0.973. The molecule has 13 heavy (non-hydrogen) atoms. The Morgan fingerprint density at radius 3 is 2.62 bits per heavy atom. The Morgan fingerprint density at radius 1 is 1.54 bits per heavy atom. The molecule has 0 unspecified atom stereocenters. The molecule has 0 heterocycles. The van der Waals surface area contributed by atoms with E-state index in [1.807, 2.05) is 6.92 Å². The summed E-state index contributed by atoms with van der Waals surface area (Å²) in [4.78, 5) is 0. The summed E-state index contributed by atoms with van der Waals surface area (Å²) < 4.78 is 5.42. The summed E-state index contributed by atoms with van der Waals surface area (Å²) in [5, 5.41) is 9.68. The normalized spacial score (nSPS) is 30.1. The van der Waals surface area contributed by atoms with Crippen LogP contribution >= 0.6 is 0 Å². The molecule has 2 atom stereocenters. The van der Waals surface area contributed by atoms with Crippen molar-refractivity contribution < 1.29 is 9.84 Å². The van der Waals surface area contributed by atoms with Crippen molar-refractivity contribution in [2.45, 2.75) is 45.3 Å². The quantitative estimate of drug-likeness (QED) is 0.666. The zero-order valence-electron chi connectivity index (χ0n) is 9.00. The first-order valence-corrected chi connectivity index (χ1v) is 4.87. The number of hydrogen-bond donors (Lipinski definition) is 1. The Hall–Kier alpha value is -0.340. The molecular weight excluding hydrogens is 164 g/mol. The third-order valence-electron chi connectivity index (χ3n) is 3.27. The lowest BCUT2D eigenvalue weighted by Crippen LogP contribution is -2.37. The van der Waals surface area contributed by atoms with E-state index in [1.165, 1.54) is 0 Å². The predicted octanol–water partition coefficient (Wildman–Crippen LogP) is 2.13. The number of ether oxygens (including phenoxy) is 1. The molecular formula is C11H20O2. The second-order valence-corrected chi connectivity index (χ2v) is 4.44. The molecule has 0 aliphatic heterocycles. The van der Waals surface area contributed by atoms with Gasteiger partial charge in [0.15, 0.2) is 0 Å². The molecule has 0 fully saturated rings. The molecule has 0 aromatic heterocycles. The van der Waals surface area contributed by atoms with E-state index in [-0.39, 0.29) is 11.7 Å². The van der Waals surface area contributed by atoms with Crippen LogP contribution < -0.4 is 0 Å². The van der Waals surface area contributed by atoms with Crippen molar-refractivity contribution in [3.8, 4) is 0 Å². The third-order valence-corrected chi connectivity index (χ3v) is 3.27. The van der Waals surface area contributed by atoms with E-state index < -0.39 is 0 Å². The van der Waals surface area contributed by atoms with Crippen molar-refractivity contribution in [3.05, 3.63) is 11.6 Å². The topological polar surface area (TPSA) is 29.5 Å². The minimum Gasteiger partial charge on any atom is -0.389 e. The average molecular weight is 184 g/mol. The maximum absolute atomic E-state index is 9.68. The smallest absolute Gasteiger partial charge is 0.0751 e. The minimum atomic E-state index is -0.270.